The molecule has 2 aromatic rings. The van der Waals surface area contributed by atoms with Gasteiger partial charge >= 0.3 is 0 Å². The molecule has 1 heterocycles. The molecule has 0 aliphatic heterocycles. The fourth-order valence-corrected chi connectivity index (χ4v) is 1.68. The summed E-state index contributed by atoms with van der Waals surface area (Å²) in [6.45, 7) is 2.04. The third-order valence-electron chi connectivity index (χ3n) is 1.94. The van der Waals surface area contributed by atoms with Gasteiger partial charge in [0.05, 0.1) is 11.9 Å². The SMILES string of the molecule is Cc1cn[nH]c1-c1cccc(Br)c1. The fourth-order valence-electron chi connectivity index (χ4n) is 1.28. The third-order valence-corrected chi connectivity index (χ3v) is 2.44. The van der Waals surface area contributed by atoms with Gasteiger partial charge in [0.25, 0.3) is 0 Å². The van der Waals surface area contributed by atoms with E-state index in [1.165, 1.54) is 0 Å². The minimum absolute atomic E-state index is 1.08. The minimum Gasteiger partial charge on any atom is -0.278 e. The summed E-state index contributed by atoms with van der Waals surface area (Å²) in [5.74, 6) is 0. The predicted octanol–water partition coefficient (Wildman–Crippen LogP) is 3.15. The molecule has 0 radical (unpaired) electrons. The van der Waals surface area contributed by atoms with Gasteiger partial charge in [-0.15, -0.1) is 0 Å². The minimum atomic E-state index is 1.08. The molecular formula is C10H9BrN2. The number of benzene rings is 1. The lowest BCUT2D eigenvalue weighted by Crippen LogP contribution is -1.80. The predicted molar refractivity (Wildman–Crippen MR) is 56.5 cm³/mol. The Morgan fingerprint density at radius 2 is 2.23 bits per heavy atom. The zero-order valence-electron chi connectivity index (χ0n) is 7.21. The molecule has 1 N–H and O–H groups in total. The van der Waals surface area contributed by atoms with Crippen molar-refractivity contribution in [2.45, 2.75) is 6.92 Å². The number of halogens is 1. The molecular weight excluding hydrogens is 228 g/mol. The van der Waals surface area contributed by atoms with Crippen LogP contribution < -0.4 is 0 Å². The van der Waals surface area contributed by atoms with Gasteiger partial charge in [0.1, 0.15) is 0 Å². The molecule has 0 saturated carbocycles. The molecule has 0 spiro atoms. The van der Waals surface area contributed by atoms with E-state index >= 15 is 0 Å². The molecule has 3 heteroatoms. The number of aromatic amines is 1. The van der Waals surface area contributed by atoms with Gasteiger partial charge in [0.15, 0.2) is 0 Å². The maximum atomic E-state index is 3.99. The summed E-state index contributed by atoms with van der Waals surface area (Å²) < 4.78 is 1.08. The molecule has 0 aliphatic carbocycles. The van der Waals surface area contributed by atoms with Crippen LogP contribution in [0, 0.1) is 6.92 Å². The van der Waals surface area contributed by atoms with E-state index in [1.54, 1.807) is 0 Å². The number of aryl methyl sites for hydroxylation is 1. The zero-order valence-corrected chi connectivity index (χ0v) is 8.80. The molecule has 13 heavy (non-hydrogen) atoms. The Kier molecular flexibility index (Phi) is 2.19. The molecule has 0 atom stereocenters. The number of nitrogens with zero attached hydrogens (tertiary/aromatic N) is 1. The van der Waals surface area contributed by atoms with E-state index in [4.69, 9.17) is 0 Å². The lowest BCUT2D eigenvalue weighted by molar-refractivity contribution is 1.10. The first-order valence-electron chi connectivity index (χ1n) is 4.03. The molecule has 66 valence electrons. The number of hydrogen-bond donors (Lipinski definition) is 1. The van der Waals surface area contributed by atoms with Gasteiger partial charge in [-0.25, -0.2) is 0 Å². The van der Waals surface area contributed by atoms with Crippen molar-refractivity contribution >= 4 is 15.9 Å². The Bertz CT molecular complexity index is 420. The van der Waals surface area contributed by atoms with Crippen LogP contribution >= 0.6 is 15.9 Å². The van der Waals surface area contributed by atoms with Crippen molar-refractivity contribution in [1.29, 1.82) is 0 Å². The first-order chi connectivity index (χ1) is 6.27. The molecule has 2 rings (SSSR count). The van der Waals surface area contributed by atoms with Gasteiger partial charge in [-0.05, 0) is 24.6 Å². The highest BCUT2D eigenvalue weighted by Gasteiger charge is 2.02. The van der Waals surface area contributed by atoms with E-state index in [-0.39, 0.29) is 0 Å². The standard InChI is InChI=1S/C10H9BrN2/c1-7-6-12-13-10(7)8-3-2-4-9(11)5-8/h2-6H,1H3,(H,12,13). The maximum Gasteiger partial charge on any atom is 0.0679 e. The fraction of sp³-hybridized carbons (Fsp3) is 0.100. The molecule has 0 unspecified atom stereocenters. The van der Waals surface area contributed by atoms with Gasteiger partial charge in [0.2, 0.25) is 0 Å². The number of H-pyrrole nitrogens is 1. The Morgan fingerprint density at radius 1 is 1.38 bits per heavy atom. The highest BCUT2D eigenvalue weighted by atomic mass is 79.9. The lowest BCUT2D eigenvalue weighted by atomic mass is 10.1. The van der Waals surface area contributed by atoms with Crippen molar-refractivity contribution in [2.24, 2.45) is 0 Å². The van der Waals surface area contributed by atoms with Crippen LogP contribution in [0.3, 0.4) is 0 Å². The highest BCUT2D eigenvalue weighted by Crippen LogP contribution is 2.23. The van der Waals surface area contributed by atoms with Crippen molar-refractivity contribution in [2.75, 3.05) is 0 Å². The summed E-state index contributed by atoms with van der Waals surface area (Å²) in [6.07, 6.45) is 1.83. The Hall–Kier alpha value is -1.09. The zero-order chi connectivity index (χ0) is 9.26. The molecule has 1 aromatic carbocycles. The Balaban J connectivity index is 2.53. The average molecular weight is 237 g/mol. The lowest BCUT2D eigenvalue weighted by Gasteiger charge is -1.99. The maximum absolute atomic E-state index is 3.99. The van der Waals surface area contributed by atoms with Crippen LogP contribution in [-0.2, 0) is 0 Å². The van der Waals surface area contributed by atoms with Gasteiger partial charge < -0.3 is 0 Å². The van der Waals surface area contributed by atoms with Crippen molar-refractivity contribution in [1.82, 2.24) is 10.2 Å². The van der Waals surface area contributed by atoms with Gasteiger partial charge in [0, 0.05) is 10.0 Å². The average Bonchev–Trinajstić information content (AvgIpc) is 2.51. The first-order valence-corrected chi connectivity index (χ1v) is 4.82. The van der Waals surface area contributed by atoms with Crippen LogP contribution in [-0.4, -0.2) is 10.2 Å². The third kappa shape index (κ3) is 1.65. The van der Waals surface area contributed by atoms with Crippen molar-refractivity contribution in [3.8, 4) is 11.3 Å². The molecule has 0 amide bonds. The smallest absolute Gasteiger partial charge is 0.0679 e. The largest absolute Gasteiger partial charge is 0.278 e. The monoisotopic (exact) mass is 236 g/mol. The molecule has 0 bridgehead atoms. The second-order valence-corrected chi connectivity index (χ2v) is 3.85. The van der Waals surface area contributed by atoms with Crippen LogP contribution in [0.1, 0.15) is 5.56 Å². The molecule has 1 aromatic heterocycles. The summed E-state index contributed by atoms with van der Waals surface area (Å²) in [4.78, 5) is 0. The first kappa shape index (κ1) is 8.51. The topological polar surface area (TPSA) is 28.7 Å². The Labute approximate surface area is 85.1 Å². The van der Waals surface area contributed by atoms with Crippen LogP contribution in [0.4, 0.5) is 0 Å². The number of nitrogens with one attached hydrogen (secondary N) is 1. The second-order valence-electron chi connectivity index (χ2n) is 2.94. The number of rotatable bonds is 1. The van der Waals surface area contributed by atoms with Crippen molar-refractivity contribution in [3.63, 3.8) is 0 Å². The van der Waals surface area contributed by atoms with Gasteiger partial charge in [-0.2, -0.15) is 5.10 Å². The number of hydrogen-bond acceptors (Lipinski definition) is 1. The molecule has 0 saturated heterocycles. The van der Waals surface area contributed by atoms with E-state index in [2.05, 4.69) is 38.3 Å². The van der Waals surface area contributed by atoms with E-state index < -0.39 is 0 Å². The van der Waals surface area contributed by atoms with Gasteiger partial charge in [-0.1, -0.05) is 28.1 Å². The van der Waals surface area contributed by atoms with E-state index in [1.807, 2.05) is 25.3 Å². The second kappa shape index (κ2) is 3.34. The molecule has 0 fully saturated rings. The van der Waals surface area contributed by atoms with Crippen LogP contribution in [0.5, 0.6) is 0 Å². The summed E-state index contributed by atoms with van der Waals surface area (Å²) in [6, 6.07) is 8.15. The number of aromatic nitrogens is 2. The van der Waals surface area contributed by atoms with Crippen LogP contribution in [0.2, 0.25) is 0 Å². The summed E-state index contributed by atoms with van der Waals surface area (Å²) in [5.41, 5.74) is 3.41. The van der Waals surface area contributed by atoms with E-state index in [0.29, 0.717) is 0 Å². The normalized spacial score (nSPS) is 10.3. The van der Waals surface area contributed by atoms with Crippen LogP contribution in [0.15, 0.2) is 34.9 Å². The molecule has 2 nitrogen and oxygen atoms in total. The van der Waals surface area contributed by atoms with Crippen molar-refractivity contribution in [3.05, 3.63) is 40.5 Å². The Morgan fingerprint density at radius 3 is 2.85 bits per heavy atom. The quantitative estimate of drug-likeness (QED) is 0.810. The van der Waals surface area contributed by atoms with Crippen LogP contribution in [0.25, 0.3) is 11.3 Å². The van der Waals surface area contributed by atoms with E-state index in [9.17, 15) is 0 Å². The van der Waals surface area contributed by atoms with Gasteiger partial charge in [-0.3, -0.25) is 5.10 Å². The highest BCUT2D eigenvalue weighted by molar-refractivity contribution is 9.10. The summed E-state index contributed by atoms with van der Waals surface area (Å²) >= 11 is 3.44. The summed E-state index contributed by atoms with van der Waals surface area (Å²) in [7, 11) is 0. The molecule has 0 aliphatic rings. The summed E-state index contributed by atoms with van der Waals surface area (Å²) in [5, 5.41) is 6.97. The van der Waals surface area contributed by atoms with Crippen molar-refractivity contribution < 1.29 is 0 Å². The van der Waals surface area contributed by atoms with E-state index in [0.717, 1.165) is 21.3 Å².